The number of carbonyl (C=O) groups excluding carboxylic acids is 2. The lowest BCUT2D eigenvalue weighted by Crippen LogP contribution is -2.54. The van der Waals surface area contributed by atoms with E-state index in [-0.39, 0.29) is 18.0 Å². The van der Waals surface area contributed by atoms with Crippen molar-refractivity contribution in [2.45, 2.75) is 45.3 Å². The van der Waals surface area contributed by atoms with E-state index >= 15 is 0 Å². The number of pyridine rings is 1. The first kappa shape index (κ1) is 24.1. The Morgan fingerprint density at radius 3 is 2.39 bits per heavy atom. The van der Waals surface area contributed by atoms with E-state index in [1.807, 2.05) is 6.92 Å². The molecule has 0 bridgehead atoms. The number of hydrogen-bond donors (Lipinski definition) is 4. The molecule has 0 saturated heterocycles. The first-order valence-corrected chi connectivity index (χ1v) is 9.79. The largest absolute Gasteiger partial charge is 0.384 e. The van der Waals surface area contributed by atoms with Crippen molar-refractivity contribution in [3.63, 3.8) is 0 Å². The van der Waals surface area contributed by atoms with Crippen molar-refractivity contribution in [3.05, 3.63) is 59.0 Å². The number of nitrogens with one attached hydrogen (secondary N) is 2. The fourth-order valence-corrected chi connectivity index (χ4v) is 2.78. The minimum Gasteiger partial charge on any atom is -0.384 e. The molecule has 0 radical (unpaired) electrons. The second-order valence-corrected chi connectivity index (χ2v) is 7.34. The van der Waals surface area contributed by atoms with Crippen LogP contribution in [-0.2, 0) is 22.6 Å². The number of nitrogen functional groups attached to an aromatic ring is 1. The summed E-state index contributed by atoms with van der Waals surface area (Å²) < 4.78 is 41.0. The SMILES string of the molecule is CCC(C)[C@H](N)C(=O)N[C@H](Cc1cc(F)c(F)cc1F)C(=O)NCc1ccc(N)nc1. The highest BCUT2D eigenvalue weighted by Crippen LogP contribution is 2.16. The van der Waals surface area contributed by atoms with Crippen LogP contribution in [0.5, 0.6) is 0 Å². The van der Waals surface area contributed by atoms with Crippen LogP contribution < -0.4 is 22.1 Å². The molecule has 2 aromatic rings. The van der Waals surface area contributed by atoms with Gasteiger partial charge in [0.15, 0.2) is 11.6 Å². The van der Waals surface area contributed by atoms with Crippen LogP contribution in [-0.4, -0.2) is 28.9 Å². The number of halogens is 3. The minimum atomic E-state index is -1.35. The molecule has 0 spiro atoms. The van der Waals surface area contributed by atoms with Crippen molar-refractivity contribution < 1.29 is 22.8 Å². The van der Waals surface area contributed by atoms with Crippen LogP contribution in [0.3, 0.4) is 0 Å². The van der Waals surface area contributed by atoms with Gasteiger partial charge in [-0.3, -0.25) is 9.59 Å². The van der Waals surface area contributed by atoms with Gasteiger partial charge >= 0.3 is 0 Å². The van der Waals surface area contributed by atoms with Crippen LogP contribution in [0.2, 0.25) is 0 Å². The number of benzene rings is 1. The number of hydrogen-bond acceptors (Lipinski definition) is 5. The summed E-state index contributed by atoms with van der Waals surface area (Å²) in [6.07, 6.45) is 1.71. The van der Waals surface area contributed by atoms with E-state index in [9.17, 15) is 22.8 Å². The number of rotatable bonds is 9. The normalized spacial score (nSPS) is 13.9. The molecular weight excluding hydrogens is 411 g/mol. The molecule has 1 heterocycles. The second-order valence-electron chi connectivity index (χ2n) is 7.34. The van der Waals surface area contributed by atoms with E-state index in [0.29, 0.717) is 29.9 Å². The van der Waals surface area contributed by atoms with Gasteiger partial charge in [-0.1, -0.05) is 26.3 Å². The molecule has 3 atom stereocenters. The molecular formula is C21H26F3N5O2. The molecule has 7 nitrogen and oxygen atoms in total. The summed E-state index contributed by atoms with van der Waals surface area (Å²) in [5.41, 5.74) is 11.8. The second kappa shape index (κ2) is 10.8. The first-order valence-electron chi connectivity index (χ1n) is 9.79. The van der Waals surface area contributed by atoms with Gasteiger partial charge in [-0.2, -0.15) is 0 Å². The number of nitrogens with two attached hydrogens (primary N) is 2. The third-order valence-corrected chi connectivity index (χ3v) is 5.02. The van der Waals surface area contributed by atoms with Crippen molar-refractivity contribution in [2.24, 2.45) is 11.7 Å². The number of nitrogens with zero attached hydrogens (tertiary/aromatic N) is 1. The molecule has 6 N–H and O–H groups in total. The van der Waals surface area contributed by atoms with E-state index in [2.05, 4.69) is 15.6 Å². The van der Waals surface area contributed by atoms with Gasteiger partial charge in [-0.05, 0) is 29.2 Å². The molecule has 0 fully saturated rings. The van der Waals surface area contributed by atoms with Gasteiger partial charge in [0.2, 0.25) is 11.8 Å². The Kier molecular flexibility index (Phi) is 8.38. The molecule has 1 aromatic heterocycles. The summed E-state index contributed by atoms with van der Waals surface area (Å²) in [6, 6.07) is 2.12. The Morgan fingerprint density at radius 1 is 1.10 bits per heavy atom. The smallest absolute Gasteiger partial charge is 0.243 e. The van der Waals surface area contributed by atoms with Crippen LogP contribution in [0.4, 0.5) is 19.0 Å². The predicted molar refractivity (Wildman–Crippen MR) is 110 cm³/mol. The number of anilines is 1. The first-order chi connectivity index (χ1) is 14.6. The summed E-state index contributed by atoms with van der Waals surface area (Å²) in [4.78, 5) is 29.2. The molecule has 0 aliphatic heterocycles. The third kappa shape index (κ3) is 6.68. The Labute approximate surface area is 178 Å². The van der Waals surface area contributed by atoms with Crippen molar-refractivity contribution >= 4 is 17.6 Å². The van der Waals surface area contributed by atoms with E-state index in [4.69, 9.17) is 11.5 Å². The molecule has 1 aromatic carbocycles. The molecule has 0 saturated carbocycles. The standard InChI is InChI=1S/C21H26F3N5O2/c1-3-11(2)19(26)21(31)29-17(7-13-6-15(23)16(24)8-14(13)22)20(30)28-10-12-4-5-18(25)27-9-12/h4-6,8-9,11,17,19H,3,7,10,26H2,1-2H3,(H2,25,27)(H,28,30)(H,29,31)/t11?,17-,19+/m1/s1. The molecule has 0 aliphatic carbocycles. The topological polar surface area (TPSA) is 123 Å². The van der Waals surface area contributed by atoms with Gasteiger partial charge in [0.25, 0.3) is 0 Å². The molecule has 2 amide bonds. The quantitative estimate of drug-likeness (QED) is 0.446. The zero-order chi connectivity index (χ0) is 23.1. The van der Waals surface area contributed by atoms with Crippen LogP contribution >= 0.6 is 0 Å². The van der Waals surface area contributed by atoms with Gasteiger partial charge in [0, 0.05) is 25.2 Å². The maximum atomic E-state index is 14.1. The van der Waals surface area contributed by atoms with Gasteiger partial charge in [-0.15, -0.1) is 0 Å². The van der Waals surface area contributed by atoms with Crippen molar-refractivity contribution in [2.75, 3.05) is 5.73 Å². The van der Waals surface area contributed by atoms with Gasteiger partial charge in [0.1, 0.15) is 17.7 Å². The lowest BCUT2D eigenvalue weighted by Gasteiger charge is -2.23. The summed E-state index contributed by atoms with van der Waals surface area (Å²) >= 11 is 0. The average molecular weight is 437 g/mol. The van der Waals surface area contributed by atoms with E-state index in [1.165, 1.54) is 6.20 Å². The van der Waals surface area contributed by atoms with Crippen molar-refractivity contribution in [1.29, 1.82) is 0 Å². The minimum absolute atomic E-state index is 0.0656. The number of carbonyl (C=O) groups is 2. The fraction of sp³-hybridized carbons (Fsp3) is 0.381. The van der Waals surface area contributed by atoms with Crippen molar-refractivity contribution in [1.82, 2.24) is 15.6 Å². The van der Waals surface area contributed by atoms with Gasteiger partial charge in [0.05, 0.1) is 6.04 Å². The summed E-state index contributed by atoms with van der Waals surface area (Å²) in [6.45, 7) is 3.71. The maximum absolute atomic E-state index is 14.1. The lowest BCUT2D eigenvalue weighted by molar-refractivity contribution is -0.130. The van der Waals surface area contributed by atoms with Crippen LogP contribution in [0.25, 0.3) is 0 Å². The highest BCUT2D eigenvalue weighted by atomic mass is 19.2. The molecule has 31 heavy (non-hydrogen) atoms. The summed E-state index contributed by atoms with van der Waals surface area (Å²) in [5, 5.41) is 5.10. The monoisotopic (exact) mass is 437 g/mol. The highest BCUT2D eigenvalue weighted by molar-refractivity contribution is 5.90. The molecule has 0 aliphatic rings. The Bertz CT molecular complexity index is 924. The fourth-order valence-electron chi connectivity index (χ4n) is 2.78. The van der Waals surface area contributed by atoms with Crippen molar-refractivity contribution in [3.8, 4) is 0 Å². The summed E-state index contributed by atoms with van der Waals surface area (Å²) in [5.74, 6) is -4.73. The van der Waals surface area contributed by atoms with E-state index in [0.717, 1.165) is 0 Å². The zero-order valence-corrected chi connectivity index (χ0v) is 17.3. The van der Waals surface area contributed by atoms with Gasteiger partial charge in [-0.25, -0.2) is 18.2 Å². The van der Waals surface area contributed by atoms with E-state index < -0.39 is 47.8 Å². The molecule has 168 valence electrons. The average Bonchev–Trinajstić information content (AvgIpc) is 2.74. The van der Waals surface area contributed by atoms with Crippen LogP contribution in [0, 0.1) is 23.4 Å². The Morgan fingerprint density at radius 2 is 1.77 bits per heavy atom. The summed E-state index contributed by atoms with van der Waals surface area (Å²) in [7, 11) is 0. The van der Waals surface area contributed by atoms with Gasteiger partial charge < -0.3 is 22.1 Å². The third-order valence-electron chi connectivity index (χ3n) is 5.02. The Hall–Kier alpha value is -3.14. The van der Waals surface area contributed by atoms with Crippen LogP contribution in [0.15, 0.2) is 30.5 Å². The Balaban J connectivity index is 2.19. The molecule has 10 heteroatoms. The maximum Gasteiger partial charge on any atom is 0.243 e. The number of aromatic nitrogens is 1. The zero-order valence-electron chi connectivity index (χ0n) is 17.3. The van der Waals surface area contributed by atoms with E-state index in [1.54, 1.807) is 19.1 Å². The lowest BCUT2D eigenvalue weighted by atomic mass is 9.98. The molecule has 1 unspecified atom stereocenters. The number of amides is 2. The molecule has 2 rings (SSSR count). The predicted octanol–water partition coefficient (Wildman–Crippen LogP) is 1.80. The highest BCUT2D eigenvalue weighted by Gasteiger charge is 2.27. The van der Waals surface area contributed by atoms with Crippen LogP contribution in [0.1, 0.15) is 31.4 Å².